The molecule has 2 aliphatic heterocycles. The number of hydrogen-bond acceptors (Lipinski definition) is 5. The van der Waals surface area contributed by atoms with Crippen molar-refractivity contribution in [1.82, 2.24) is 19.8 Å². The minimum atomic E-state index is -3.00. The van der Waals surface area contributed by atoms with Crippen molar-refractivity contribution in [1.29, 1.82) is 5.26 Å². The second-order valence-electron chi connectivity index (χ2n) is 13.1. The molecule has 2 aliphatic carbocycles. The molecule has 4 aliphatic rings. The average Bonchev–Trinajstić information content (AvgIpc) is 3.38. The van der Waals surface area contributed by atoms with Gasteiger partial charge in [0, 0.05) is 0 Å². The second-order valence-corrected chi connectivity index (χ2v) is 25.9. The molecular weight excluding hydrogens is 661 g/mol. The molecule has 1 aromatic carbocycles. The van der Waals surface area contributed by atoms with Crippen molar-refractivity contribution >= 4 is 22.2 Å². The molecule has 0 saturated carbocycles. The molecule has 2 heterocycles. The van der Waals surface area contributed by atoms with E-state index in [2.05, 4.69) is 41.5 Å². The summed E-state index contributed by atoms with van der Waals surface area (Å²) in [5.41, 5.74) is 6.14. The Balaban J connectivity index is 1.50. The molecule has 6 nitrogen and oxygen atoms in total. The number of aromatic nitrogens is 3. The maximum absolute atomic E-state index is 13.8. The Morgan fingerprint density at radius 2 is 1.50 bits per heavy atom. The predicted octanol–water partition coefficient (Wildman–Crippen LogP) is 6.96. The van der Waals surface area contributed by atoms with Gasteiger partial charge in [0.1, 0.15) is 0 Å². The zero-order chi connectivity index (χ0) is 31.1. The second kappa shape index (κ2) is 15.4. The van der Waals surface area contributed by atoms with Gasteiger partial charge in [-0.05, 0) is 0 Å². The van der Waals surface area contributed by atoms with Crippen LogP contribution in [-0.4, -0.2) is 70.9 Å². The van der Waals surface area contributed by atoms with E-state index in [0.717, 1.165) is 84.8 Å². The van der Waals surface area contributed by atoms with Gasteiger partial charge in [-0.2, -0.15) is 0 Å². The summed E-state index contributed by atoms with van der Waals surface area (Å²) in [5.74, 6) is -1.57. The molecule has 9 heteroatoms. The fourth-order valence-electron chi connectivity index (χ4n) is 7.38. The van der Waals surface area contributed by atoms with Crippen LogP contribution in [0.5, 0.6) is 0 Å². The number of fused-ring (bicyclic) bond motifs is 3. The zero-order valence-electron chi connectivity index (χ0n) is 27.1. The van der Waals surface area contributed by atoms with Crippen LogP contribution < -0.4 is 8.85 Å². The number of halogens is 2. The van der Waals surface area contributed by atoms with Crippen LogP contribution in [0.15, 0.2) is 18.2 Å². The normalized spacial score (nSPS) is 16.0. The SMILES string of the molecule is CCC[CH2][Sn]([CH2]CCC)([CH2]CCC)[c]1nc2c(C#N)c3c(c-2n(N2CCN(CCc4ccc(F)c(F)c4)CC2)n1)CCCC3. The molecular formula is C35H50F2N6Sn. The van der Waals surface area contributed by atoms with E-state index in [0.29, 0.717) is 6.42 Å². The van der Waals surface area contributed by atoms with Crippen molar-refractivity contribution in [3.8, 4) is 17.5 Å². The van der Waals surface area contributed by atoms with E-state index in [1.165, 1.54) is 75.1 Å². The van der Waals surface area contributed by atoms with E-state index in [-0.39, 0.29) is 0 Å². The maximum atomic E-state index is 13.8. The molecule has 0 spiro atoms. The summed E-state index contributed by atoms with van der Waals surface area (Å²) in [6, 6.07) is 6.83. The Hall–Kier alpha value is -2.25. The third kappa shape index (κ3) is 7.09. The number of unbranched alkanes of at least 4 members (excludes halogenated alkanes) is 3. The first-order chi connectivity index (χ1) is 21.4. The molecule has 1 saturated heterocycles. The molecule has 238 valence electrons. The third-order valence-corrected chi connectivity index (χ3v) is 24.6. The fraction of sp³-hybridized carbons (Fsp3) is 0.629. The van der Waals surface area contributed by atoms with E-state index in [1.807, 2.05) is 0 Å². The van der Waals surface area contributed by atoms with Gasteiger partial charge in [0.25, 0.3) is 0 Å². The summed E-state index contributed by atoms with van der Waals surface area (Å²) in [6.45, 7) is 11.1. The molecule has 5 rings (SSSR count). The quantitative estimate of drug-likeness (QED) is 0.169. The van der Waals surface area contributed by atoms with Gasteiger partial charge < -0.3 is 0 Å². The van der Waals surface area contributed by atoms with E-state index in [4.69, 9.17) is 10.1 Å². The molecule has 0 aromatic heterocycles. The number of rotatable bonds is 14. The first-order valence-corrected chi connectivity index (χ1v) is 24.7. The number of nitrogens with zero attached hydrogens (tertiary/aromatic N) is 6. The van der Waals surface area contributed by atoms with E-state index in [9.17, 15) is 14.0 Å². The van der Waals surface area contributed by atoms with E-state index < -0.39 is 30.0 Å². The van der Waals surface area contributed by atoms with Crippen LogP contribution in [0.2, 0.25) is 13.3 Å². The molecule has 0 atom stereocenters. The van der Waals surface area contributed by atoms with Gasteiger partial charge in [-0.25, -0.2) is 8.78 Å². The predicted molar refractivity (Wildman–Crippen MR) is 177 cm³/mol. The summed E-state index contributed by atoms with van der Waals surface area (Å²) < 4.78 is 32.2. The number of nitriles is 1. The summed E-state index contributed by atoms with van der Waals surface area (Å²) in [5, 5.41) is 18.4. The zero-order valence-corrected chi connectivity index (χ0v) is 30.0. The first kappa shape index (κ1) is 33.1. The molecule has 1 aromatic rings. The van der Waals surface area contributed by atoms with Gasteiger partial charge >= 0.3 is 253 Å². The topological polar surface area (TPSA) is 61.0 Å². The first-order valence-electron chi connectivity index (χ1n) is 17.2. The fourth-order valence-corrected chi connectivity index (χ4v) is 22.1. The number of hydrogen-bond donors (Lipinski definition) is 0. The Labute approximate surface area is 267 Å². The Kier molecular flexibility index (Phi) is 11.6. The molecule has 44 heavy (non-hydrogen) atoms. The molecule has 0 unspecified atom stereocenters. The van der Waals surface area contributed by atoms with Crippen LogP contribution >= 0.6 is 0 Å². The Morgan fingerprint density at radius 3 is 2.09 bits per heavy atom. The van der Waals surface area contributed by atoms with Gasteiger partial charge in [0.05, 0.1) is 0 Å². The van der Waals surface area contributed by atoms with Crippen molar-refractivity contribution in [3.63, 3.8) is 0 Å². The van der Waals surface area contributed by atoms with E-state index >= 15 is 0 Å². The van der Waals surface area contributed by atoms with Crippen molar-refractivity contribution < 1.29 is 8.78 Å². The van der Waals surface area contributed by atoms with Crippen LogP contribution in [0, 0.1) is 23.0 Å². The number of benzene rings is 1. The van der Waals surface area contributed by atoms with Crippen molar-refractivity contribution in [2.75, 3.05) is 37.7 Å². The Bertz CT molecular complexity index is 1390. The van der Waals surface area contributed by atoms with Gasteiger partial charge in [-0.1, -0.05) is 0 Å². The van der Waals surface area contributed by atoms with Crippen molar-refractivity contribution in [2.45, 2.75) is 105 Å². The summed E-state index contributed by atoms with van der Waals surface area (Å²) in [6.07, 6.45) is 12.2. The van der Waals surface area contributed by atoms with Crippen molar-refractivity contribution in [2.24, 2.45) is 0 Å². The summed E-state index contributed by atoms with van der Waals surface area (Å²) in [4.78, 5) is 10.1. The van der Waals surface area contributed by atoms with Crippen molar-refractivity contribution in [3.05, 3.63) is 52.1 Å². The molecule has 0 N–H and O–H groups in total. The molecule has 0 bridgehead atoms. The Morgan fingerprint density at radius 1 is 0.864 bits per heavy atom. The minimum absolute atomic E-state index is 0.692. The van der Waals surface area contributed by atoms with Crippen LogP contribution in [0.25, 0.3) is 11.4 Å². The van der Waals surface area contributed by atoms with E-state index in [1.54, 1.807) is 6.07 Å². The van der Waals surface area contributed by atoms with Crippen LogP contribution in [-0.2, 0) is 19.3 Å². The van der Waals surface area contributed by atoms with Gasteiger partial charge in [-0.15, -0.1) is 0 Å². The van der Waals surface area contributed by atoms with Gasteiger partial charge in [0.15, 0.2) is 5.82 Å². The van der Waals surface area contributed by atoms with Crippen LogP contribution in [0.1, 0.15) is 94.4 Å². The number of piperazine rings is 1. The van der Waals surface area contributed by atoms with Gasteiger partial charge in [0.2, 0.25) is 0 Å². The molecule has 1 fully saturated rings. The third-order valence-electron chi connectivity index (χ3n) is 10.1. The van der Waals surface area contributed by atoms with Gasteiger partial charge in [-0.3, -0.25) is 0 Å². The molecule has 0 amide bonds. The van der Waals surface area contributed by atoms with Crippen LogP contribution in [0.4, 0.5) is 8.78 Å². The monoisotopic (exact) mass is 712 g/mol. The average molecular weight is 712 g/mol. The summed E-state index contributed by atoms with van der Waals surface area (Å²) >= 11 is -3.00. The summed E-state index contributed by atoms with van der Waals surface area (Å²) in [7, 11) is 0. The molecule has 0 radical (unpaired) electrons. The standard InChI is InChI=1S/C23H23F2N6.3C4H9.Sn/c24-20-6-5-16(13-21(20)25)7-8-29-9-11-30(12-10-29)31-23-18-4-2-1-3-17(18)19(14-26)22(23)27-15-28-31;3*1-3-4-2;/h5-6,13H,1-4,7-12H2;3*1,3-4H2,2H3;. The van der Waals surface area contributed by atoms with Crippen LogP contribution in [0.3, 0.4) is 0 Å².